The molecule has 0 aromatic carbocycles. The van der Waals surface area contributed by atoms with Gasteiger partial charge in [-0.3, -0.25) is 4.99 Å². The molecule has 136 valence electrons. The average Bonchev–Trinajstić information content (AvgIpc) is 2.56. The van der Waals surface area contributed by atoms with Crippen molar-refractivity contribution in [3.05, 3.63) is 0 Å². The fourth-order valence-electron chi connectivity index (χ4n) is 2.79. The van der Waals surface area contributed by atoms with E-state index in [0.29, 0.717) is 0 Å². The Hall–Kier alpha value is -0.810. The molecule has 0 atom stereocenters. The highest BCUT2D eigenvalue weighted by Gasteiger charge is 2.16. The Morgan fingerprint density at radius 3 is 2.57 bits per heavy atom. The molecule has 1 aliphatic heterocycles. The van der Waals surface area contributed by atoms with E-state index in [4.69, 9.17) is 4.74 Å². The third-order valence-corrected chi connectivity index (χ3v) is 4.39. The summed E-state index contributed by atoms with van der Waals surface area (Å²) >= 11 is 0. The van der Waals surface area contributed by atoms with Crippen molar-refractivity contribution in [2.75, 3.05) is 53.0 Å². The van der Waals surface area contributed by atoms with Crippen molar-refractivity contribution < 1.29 is 4.74 Å². The summed E-state index contributed by atoms with van der Waals surface area (Å²) in [5, 5.41) is 6.80. The lowest BCUT2D eigenvalue weighted by Gasteiger charge is -2.29. The minimum absolute atomic E-state index is 0.818. The highest BCUT2D eigenvalue weighted by Crippen LogP contribution is 2.18. The minimum Gasteiger partial charge on any atom is -0.381 e. The summed E-state index contributed by atoms with van der Waals surface area (Å²) in [6.45, 7) is 11.3. The second kappa shape index (κ2) is 13.6. The number of nitrogens with one attached hydrogen (secondary N) is 2. The molecule has 1 heterocycles. The summed E-state index contributed by atoms with van der Waals surface area (Å²) in [7, 11) is 2.22. The Morgan fingerprint density at radius 1 is 1.13 bits per heavy atom. The number of unbranched alkanes of at least 4 members (excludes halogenated alkanes) is 1. The molecule has 0 aromatic rings. The van der Waals surface area contributed by atoms with Crippen molar-refractivity contribution in [2.24, 2.45) is 10.9 Å². The van der Waals surface area contributed by atoms with Gasteiger partial charge < -0.3 is 20.3 Å². The Balaban J connectivity index is 2.11. The SMILES string of the molecule is CCCCOCCCN=C(NCC)NCCC1CCN(C)CC1. The van der Waals surface area contributed by atoms with E-state index in [2.05, 4.69) is 41.4 Å². The zero-order valence-electron chi connectivity index (χ0n) is 15.6. The van der Waals surface area contributed by atoms with Crippen LogP contribution in [0.4, 0.5) is 0 Å². The molecular formula is C18H38N4O. The van der Waals surface area contributed by atoms with Crippen LogP contribution in [0.15, 0.2) is 4.99 Å². The summed E-state index contributed by atoms with van der Waals surface area (Å²) in [5.41, 5.74) is 0. The molecule has 0 radical (unpaired) electrons. The molecule has 0 unspecified atom stereocenters. The number of rotatable bonds is 11. The molecule has 1 aliphatic rings. The first-order valence-corrected chi connectivity index (χ1v) is 9.54. The zero-order chi connectivity index (χ0) is 16.8. The maximum absolute atomic E-state index is 5.57. The van der Waals surface area contributed by atoms with Crippen molar-refractivity contribution >= 4 is 5.96 Å². The molecule has 5 nitrogen and oxygen atoms in total. The van der Waals surface area contributed by atoms with Gasteiger partial charge in [-0.25, -0.2) is 0 Å². The predicted octanol–water partition coefficient (Wildman–Crippen LogP) is 2.48. The smallest absolute Gasteiger partial charge is 0.191 e. The average molecular weight is 327 g/mol. The normalized spacial score (nSPS) is 17.4. The van der Waals surface area contributed by atoms with Gasteiger partial charge in [0.25, 0.3) is 0 Å². The van der Waals surface area contributed by atoms with Crippen LogP contribution in [-0.4, -0.2) is 63.8 Å². The Morgan fingerprint density at radius 2 is 1.87 bits per heavy atom. The monoisotopic (exact) mass is 326 g/mol. The number of aliphatic imine (C=N–C) groups is 1. The number of hydrogen-bond donors (Lipinski definition) is 2. The highest BCUT2D eigenvalue weighted by atomic mass is 16.5. The summed E-state index contributed by atoms with van der Waals surface area (Å²) in [6, 6.07) is 0. The maximum atomic E-state index is 5.57. The minimum atomic E-state index is 0.818. The fourth-order valence-corrected chi connectivity index (χ4v) is 2.79. The van der Waals surface area contributed by atoms with Gasteiger partial charge in [-0.15, -0.1) is 0 Å². The molecule has 2 N–H and O–H groups in total. The van der Waals surface area contributed by atoms with E-state index in [9.17, 15) is 0 Å². The number of nitrogens with zero attached hydrogens (tertiary/aromatic N) is 2. The van der Waals surface area contributed by atoms with Gasteiger partial charge in [0.2, 0.25) is 0 Å². The number of likely N-dealkylation sites (tertiary alicyclic amines) is 1. The van der Waals surface area contributed by atoms with Crippen molar-refractivity contribution in [2.45, 2.75) is 52.4 Å². The molecule has 1 saturated heterocycles. The molecule has 0 amide bonds. The van der Waals surface area contributed by atoms with Crippen LogP contribution in [0.1, 0.15) is 52.4 Å². The number of piperidine rings is 1. The molecule has 5 heteroatoms. The zero-order valence-corrected chi connectivity index (χ0v) is 15.6. The van der Waals surface area contributed by atoms with Crippen molar-refractivity contribution in [1.82, 2.24) is 15.5 Å². The summed E-state index contributed by atoms with van der Waals surface area (Å²) in [4.78, 5) is 7.06. The van der Waals surface area contributed by atoms with Gasteiger partial charge in [0, 0.05) is 32.8 Å². The third-order valence-electron chi connectivity index (χ3n) is 4.39. The van der Waals surface area contributed by atoms with Crippen molar-refractivity contribution in [3.8, 4) is 0 Å². The van der Waals surface area contributed by atoms with E-state index in [1.807, 2.05) is 0 Å². The summed E-state index contributed by atoms with van der Waals surface area (Å²) in [6.07, 6.45) is 7.27. The van der Waals surface area contributed by atoms with Gasteiger partial charge >= 0.3 is 0 Å². The van der Waals surface area contributed by atoms with Gasteiger partial charge in [-0.1, -0.05) is 13.3 Å². The van der Waals surface area contributed by atoms with Crippen LogP contribution in [0.3, 0.4) is 0 Å². The third kappa shape index (κ3) is 10.6. The number of ether oxygens (including phenoxy) is 1. The summed E-state index contributed by atoms with van der Waals surface area (Å²) in [5.74, 6) is 1.82. The van der Waals surface area contributed by atoms with E-state index < -0.39 is 0 Å². The molecule has 23 heavy (non-hydrogen) atoms. The second-order valence-corrected chi connectivity index (χ2v) is 6.54. The molecule has 1 rings (SSSR count). The lowest BCUT2D eigenvalue weighted by Crippen LogP contribution is -2.39. The van der Waals surface area contributed by atoms with Crippen LogP contribution in [0.2, 0.25) is 0 Å². The molecule has 0 aromatic heterocycles. The fraction of sp³-hybridized carbons (Fsp3) is 0.944. The lowest BCUT2D eigenvalue weighted by atomic mass is 9.94. The van der Waals surface area contributed by atoms with Gasteiger partial charge in [-0.2, -0.15) is 0 Å². The lowest BCUT2D eigenvalue weighted by molar-refractivity contribution is 0.130. The van der Waals surface area contributed by atoms with Gasteiger partial charge in [0.05, 0.1) is 0 Å². The Kier molecular flexibility index (Phi) is 12.0. The first-order chi connectivity index (χ1) is 11.3. The van der Waals surface area contributed by atoms with Crippen molar-refractivity contribution in [3.63, 3.8) is 0 Å². The van der Waals surface area contributed by atoms with Gasteiger partial charge in [0.15, 0.2) is 5.96 Å². The van der Waals surface area contributed by atoms with Crippen LogP contribution in [0.5, 0.6) is 0 Å². The topological polar surface area (TPSA) is 48.9 Å². The second-order valence-electron chi connectivity index (χ2n) is 6.54. The van der Waals surface area contributed by atoms with Crippen LogP contribution in [-0.2, 0) is 4.74 Å². The molecule has 0 spiro atoms. The van der Waals surface area contributed by atoms with E-state index in [0.717, 1.165) is 57.6 Å². The molecule has 0 saturated carbocycles. The van der Waals surface area contributed by atoms with E-state index in [1.165, 1.54) is 38.8 Å². The predicted molar refractivity (Wildman–Crippen MR) is 99.2 cm³/mol. The largest absolute Gasteiger partial charge is 0.381 e. The molecule has 1 fully saturated rings. The standard InChI is InChI=1S/C18H38N4O/c1-4-6-15-23-16-7-11-20-18(19-5-2)21-12-8-17-9-13-22(3)14-10-17/h17H,4-16H2,1-3H3,(H2,19,20,21). The Bertz CT molecular complexity index is 301. The quantitative estimate of drug-likeness (QED) is 0.348. The van der Waals surface area contributed by atoms with Gasteiger partial charge in [0.1, 0.15) is 0 Å². The Labute approximate surface area is 143 Å². The summed E-state index contributed by atoms with van der Waals surface area (Å²) < 4.78 is 5.57. The van der Waals surface area contributed by atoms with E-state index in [-0.39, 0.29) is 0 Å². The van der Waals surface area contributed by atoms with Crippen molar-refractivity contribution in [1.29, 1.82) is 0 Å². The van der Waals surface area contributed by atoms with E-state index in [1.54, 1.807) is 0 Å². The van der Waals surface area contributed by atoms with Crippen LogP contribution < -0.4 is 10.6 Å². The number of hydrogen-bond acceptors (Lipinski definition) is 3. The highest BCUT2D eigenvalue weighted by molar-refractivity contribution is 5.79. The first kappa shape index (κ1) is 20.2. The number of guanidine groups is 1. The van der Waals surface area contributed by atoms with E-state index >= 15 is 0 Å². The maximum Gasteiger partial charge on any atom is 0.191 e. The van der Waals surface area contributed by atoms with Crippen LogP contribution in [0.25, 0.3) is 0 Å². The van der Waals surface area contributed by atoms with Gasteiger partial charge in [-0.05, 0) is 65.1 Å². The molecular weight excluding hydrogens is 288 g/mol. The van der Waals surface area contributed by atoms with Crippen LogP contribution >= 0.6 is 0 Å². The first-order valence-electron chi connectivity index (χ1n) is 9.54. The van der Waals surface area contributed by atoms with Crippen LogP contribution in [0, 0.1) is 5.92 Å². The molecule has 0 bridgehead atoms. The molecule has 0 aliphatic carbocycles.